The van der Waals surface area contributed by atoms with Crippen molar-refractivity contribution in [1.29, 1.82) is 0 Å². The van der Waals surface area contributed by atoms with Gasteiger partial charge >= 0.3 is 0 Å². The van der Waals surface area contributed by atoms with Gasteiger partial charge in [0.25, 0.3) is 0 Å². The van der Waals surface area contributed by atoms with Crippen LogP contribution in [0.4, 0.5) is 0 Å². The molecule has 5 nitrogen and oxygen atoms in total. The second-order valence-corrected chi connectivity index (χ2v) is 8.00. The second kappa shape index (κ2) is 7.78. The van der Waals surface area contributed by atoms with E-state index >= 15 is 0 Å². The van der Waals surface area contributed by atoms with Crippen LogP contribution in [0.2, 0.25) is 0 Å². The second-order valence-electron chi connectivity index (χ2n) is 8.00. The summed E-state index contributed by atoms with van der Waals surface area (Å²) in [7, 11) is 0. The van der Waals surface area contributed by atoms with Crippen molar-refractivity contribution in [3.8, 4) is 0 Å². The predicted octanol–water partition coefficient (Wildman–Crippen LogP) is 2.00. The lowest BCUT2D eigenvalue weighted by Gasteiger charge is -2.35. The molecule has 1 aliphatic carbocycles. The molecule has 4 rings (SSSR count). The van der Waals surface area contributed by atoms with Crippen molar-refractivity contribution in [2.75, 3.05) is 13.1 Å². The molecule has 2 amide bonds. The molecule has 0 radical (unpaired) electrons. The Kier molecular flexibility index (Phi) is 5.25. The molecule has 0 aromatic heterocycles. The van der Waals surface area contributed by atoms with E-state index in [2.05, 4.69) is 22.8 Å². The molecule has 140 valence electrons. The van der Waals surface area contributed by atoms with Gasteiger partial charge in [-0.25, -0.2) is 0 Å². The molecule has 2 fully saturated rings. The van der Waals surface area contributed by atoms with Crippen molar-refractivity contribution in [3.05, 3.63) is 35.4 Å². The highest BCUT2D eigenvalue weighted by molar-refractivity contribution is 5.83. The SMILES string of the molecule is O=C(NC1CCCC1)C1CCN(C(=O)[C@@H]2Cc3ccccc3CN2)CC1. The molecule has 0 bridgehead atoms. The molecule has 1 atom stereocenters. The minimum Gasteiger partial charge on any atom is -0.353 e. The molecule has 2 N–H and O–H groups in total. The van der Waals surface area contributed by atoms with Gasteiger partial charge in [-0.2, -0.15) is 0 Å². The van der Waals surface area contributed by atoms with Crippen LogP contribution in [0.15, 0.2) is 24.3 Å². The number of likely N-dealkylation sites (tertiary alicyclic amines) is 1. The number of hydrogen-bond donors (Lipinski definition) is 2. The van der Waals surface area contributed by atoms with Crippen molar-refractivity contribution >= 4 is 11.8 Å². The first-order chi connectivity index (χ1) is 12.7. The molecule has 5 heteroatoms. The van der Waals surface area contributed by atoms with Crippen molar-refractivity contribution in [3.63, 3.8) is 0 Å². The zero-order valence-corrected chi connectivity index (χ0v) is 15.4. The fraction of sp³-hybridized carbons (Fsp3) is 0.619. The highest BCUT2D eigenvalue weighted by atomic mass is 16.2. The molecule has 3 aliphatic rings. The number of carbonyl (C=O) groups is 2. The molecule has 1 saturated carbocycles. The first-order valence-corrected chi connectivity index (χ1v) is 10.1. The molecule has 1 aromatic rings. The lowest BCUT2D eigenvalue weighted by molar-refractivity contribution is -0.137. The minimum atomic E-state index is -0.131. The van der Waals surface area contributed by atoms with Crippen molar-refractivity contribution in [2.45, 2.75) is 63.6 Å². The molecule has 1 saturated heterocycles. The first kappa shape index (κ1) is 17.5. The smallest absolute Gasteiger partial charge is 0.240 e. The maximum absolute atomic E-state index is 12.9. The largest absolute Gasteiger partial charge is 0.353 e. The fourth-order valence-electron chi connectivity index (χ4n) is 4.60. The summed E-state index contributed by atoms with van der Waals surface area (Å²) in [5.41, 5.74) is 2.56. The summed E-state index contributed by atoms with van der Waals surface area (Å²) < 4.78 is 0. The van der Waals surface area contributed by atoms with Gasteiger partial charge in [0.15, 0.2) is 0 Å². The third-order valence-electron chi connectivity index (χ3n) is 6.26. The predicted molar refractivity (Wildman–Crippen MR) is 100 cm³/mol. The third-order valence-corrected chi connectivity index (χ3v) is 6.26. The monoisotopic (exact) mass is 355 g/mol. The summed E-state index contributed by atoms with van der Waals surface area (Å²) in [4.78, 5) is 27.3. The molecule has 2 aliphatic heterocycles. The van der Waals surface area contributed by atoms with Gasteiger partial charge in [-0.15, -0.1) is 0 Å². The van der Waals surface area contributed by atoms with E-state index < -0.39 is 0 Å². The van der Waals surface area contributed by atoms with Crippen molar-refractivity contribution in [2.24, 2.45) is 5.92 Å². The molecule has 26 heavy (non-hydrogen) atoms. The summed E-state index contributed by atoms with van der Waals surface area (Å²) in [6.07, 6.45) is 7.04. The van der Waals surface area contributed by atoms with Gasteiger partial charge in [-0.05, 0) is 43.2 Å². The van der Waals surface area contributed by atoms with E-state index in [0.29, 0.717) is 19.1 Å². The summed E-state index contributed by atoms with van der Waals surface area (Å²) in [5.74, 6) is 0.461. The van der Waals surface area contributed by atoms with Gasteiger partial charge < -0.3 is 15.5 Å². The highest BCUT2D eigenvalue weighted by Gasteiger charge is 2.33. The highest BCUT2D eigenvalue weighted by Crippen LogP contribution is 2.23. The van der Waals surface area contributed by atoms with Gasteiger partial charge in [-0.1, -0.05) is 37.1 Å². The average molecular weight is 355 g/mol. The van der Waals surface area contributed by atoms with Crippen LogP contribution in [0.25, 0.3) is 0 Å². The topological polar surface area (TPSA) is 61.4 Å². The quantitative estimate of drug-likeness (QED) is 0.872. The number of hydrogen-bond acceptors (Lipinski definition) is 3. The molecule has 0 unspecified atom stereocenters. The number of amides is 2. The number of piperidine rings is 1. The van der Waals surface area contributed by atoms with E-state index in [1.54, 1.807) is 0 Å². The van der Waals surface area contributed by atoms with Gasteiger partial charge in [0.2, 0.25) is 11.8 Å². The number of carbonyl (C=O) groups excluding carboxylic acids is 2. The molecular weight excluding hydrogens is 326 g/mol. The maximum Gasteiger partial charge on any atom is 0.240 e. The summed E-state index contributed by atoms with van der Waals surface area (Å²) in [6, 6.07) is 8.58. The van der Waals surface area contributed by atoms with E-state index in [1.807, 2.05) is 17.0 Å². The summed E-state index contributed by atoms with van der Waals surface area (Å²) >= 11 is 0. The minimum absolute atomic E-state index is 0.0692. The van der Waals surface area contributed by atoms with Gasteiger partial charge in [0.05, 0.1) is 6.04 Å². The number of nitrogens with one attached hydrogen (secondary N) is 2. The Labute approximate surface area is 155 Å². The molecule has 2 heterocycles. The first-order valence-electron chi connectivity index (χ1n) is 10.1. The Morgan fingerprint density at radius 3 is 2.42 bits per heavy atom. The zero-order valence-electron chi connectivity index (χ0n) is 15.4. The van der Waals surface area contributed by atoms with E-state index in [9.17, 15) is 9.59 Å². The van der Waals surface area contributed by atoms with Crippen LogP contribution in [0.5, 0.6) is 0 Å². The molecule has 1 aromatic carbocycles. The average Bonchev–Trinajstić information content (AvgIpc) is 3.20. The summed E-state index contributed by atoms with van der Waals surface area (Å²) in [6.45, 7) is 2.15. The van der Waals surface area contributed by atoms with Crippen molar-refractivity contribution in [1.82, 2.24) is 15.5 Å². The van der Waals surface area contributed by atoms with Crippen LogP contribution in [-0.4, -0.2) is 41.9 Å². The van der Waals surface area contributed by atoms with Crippen molar-refractivity contribution < 1.29 is 9.59 Å². The fourth-order valence-corrected chi connectivity index (χ4v) is 4.60. The normalized spacial score (nSPS) is 24.3. The van der Waals surface area contributed by atoms with E-state index in [0.717, 1.165) is 38.6 Å². The van der Waals surface area contributed by atoms with E-state index in [1.165, 1.54) is 24.0 Å². The van der Waals surface area contributed by atoms with Crippen LogP contribution in [0, 0.1) is 5.92 Å². The Morgan fingerprint density at radius 1 is 1.00 bits per heavy atom. The zero-order chi connectivity index (χ0) is 17.9. The molecule has 0 spiro atoms. The Bertz CT molecular complexity index is 661. The van der Waals surface area contributed by atoms with Crippen LogP contribution in [-0.2, 0) is 22.6 Å². The lowest BCUT2D eigenvalue weighted by Crippen LogP contribution is -2.52. The Hall–Kier alpha value is -1.88. The number of nitrogens with zero attached hydrogens (tertiary/aromatic N) is 1. The van der Waals surface area contributed by atoms with Gasteiger partial charge in [-0.3, -0.25) is 9.59 Å². The standard InChI is InChI=1S/C21H29N3O2/c25-20(23-18-7-3-4-8-18)15-9-11-24(12-10-15)21(26)19-13-16-5-1-2-6-17(16)14-22-19/h1-2,5-6,15,18-19,22H,3-4,7-14H2,(H,23,25)/t19-/m0/s1. The number of rotatable bonds is 3. The molecular formula is C21H29N3O2. The number of benzene rings is 1. The third kappa shape index (κ3) is 3.78. The van der Waals surface area contributed by atoms with E-state index in [4.69, 9.17) is 0 Å². The van der Waals surface area contributed by atoms with Crippen LogP contribution >= 0.6 is 0 Å². The number of fused-ring (bicyclic) bond motifs is 1. The van der Waals surface area contributed by atoms with E-state index in [-0.39, 0.29) is 23.8 Å². The Morgan fingerprint density at radius 2 is 1.69 bits per heavy atom. The lowest BCUT2D eigenvalue weighted by atomic mass is 9.92. The van der Waals surface area contributed by atoms with Crippen LogP contribution in [0.1, 0.15) is 49.7 Å². The summed E-state index contributed by atoms with van der Waals surface area (Å²) in [5, 5.41) is 6.60. The Balaban J connectivity index is 1.28. The van der Waals surface area contributed by atoms with Gasteiger partial charge in [0.1, 0.15) is 0 Å². The van der Waals surface area contributed by atoms with Crippen LogP contribution in [0.3, 0.4) is 0 Å². The maximum atomic E-state index is 12.9. The van der Waals surface area contributed by atoms with Crippen LogP contribution < -0.4 is 10.6 Å². The van der Waals surface area contributed by atoms with Gasteiger partial charge in [0, 0.05) is 31.6 Å².